The zero-order valence-electron chi connectivity index (χ0n) is 8.87. The van der Waals surface area contributed by atoms with Crippen molar-refractivity contribution in [2.45, 2.75) is 6.18 Å². The van der Waals surface area contributed by atoms with Gasteiger partial charge in [-0.2, -0.15) is 13.2 Å². The van der Waals surface area contributed by atoms with Crippen LogP contribution in [-0.2, 0) is 14.3 Å². The van der Waals surface area contributed by atoms with Gasteiger partial charge in [-0.15, -0.1) is 6.58 Å². The predicted molar refractivity (Wildman–Crippen MR) is 51.3 cm³/mol. The monoisotopic (exact) mass is 255 g/mol. The zero-order valence-corrected chi connectivity index (χ0v) is 8.87. The van der Waals surface area contributed by atoms with Gasteiger partial charge < -0.3 is 14.7 Å². The van der Waals surface area contributed by atoms with Crippen molar-refractivity contribution in [1.29, 1.82) is 0 Å². The third kappa shape index (κ3) is 8.26. The Morgan fingerprint density at radius 3 is 2.41 bits per heavy atom. The molecular formula is C9H12F3NO4. The van der Waals surface area contributed by atoms with E-state index in [9.17, 15) is 22.8 Å². The Morgan fingerprint density at radius 2 is 2.00 bits per heavy atom. The molecule has 5 nitrogen and oxygen atoms in total. The molecule has 17 heavy (non-hydrogen) atoms. The molecule has 0 unspecified atom stereocenters. The van der Waals surface area contributed by atoms with Gasteiger partial charge in [0, 0.05) is 6.54 Å². The van der Waals surface area contributed by atoms with Crippen LogP contribution >= 0.6 is 0 Å². The number of rotatable bonds is 7. The maximum atomic E-state index is 11.7. The van der Waals surface area contributed by atoms with Crippen molar-refractivity contribution in [2.75, 3.05) is 26.3 Å². The van der Waals surface area contributed by atoms with Gasteiger partial charge >= 0.3 is 12.1 Å². The fraction of sp³-hybridized carbons (Fsp3) is 0.556. The number of hydrogen-bond donors (Lipinski definition) is 1. The van der Waals surface area contributed by atoms with Gasteiger partial charge in [0.25, 0.3) is 0 Å². The number of carbonyl (C=O) groups is 2. The van der Waals surface area contributed by atoms with Gasteiger partial charge in [-0.05, 0) is 0 Å². The van der Waals surface area contributed by atoms with Crippen LogP contribution < -0.4 is 0 Å². The number of carboxylic acid groups (broad SMARTS) is 1. The van der Waals surface area contributed by atoms with E-state index in [2.05, 4.69) is 11.3 Å². The Morgan fingerprint density at radius 1 is 1.41 bits per heavy atom. The molecule has 0 heterocycles. The normalized spacial score (nSPS) is 11.0. The first kappa shape index (κ1) is 15.4. The molecule has 8 heteroatoms. The summed E-state index contributed by atoms with van der Waals surface area (Å²) in [5, 5.41) is 8.47. The van der Waals surface area contributed by atoms with E-state index in [1.165, 1.54) is 6.08 Å². The summed E-state index contributed by atoms with van der Waals surface area (Å²) in [7, 11) is 0. The molecule has 0 aromatic rings. The Bertz CT molecular complexity index is 290. The van der Waals surface area contributed by atoms with Crippen LogP contribution in [0.25, 0.3) is 0 Å². The molecular weight excluding hydrogens is 243 g/mol. The fourth-order valence-electron chi connectivity index (χ4n) is 0.919. The maximum Gasteiger partial charge on any atom is 0.411 e. The highest BCUT2D eigenvalue weighted by Gasteiger charge is 2.28. The average Bonchev–Trinajstić information content (AvgIpc) is 2.14. The zero-order chi connectivity index (χ0) is 13.5. The molecule has 0 bridgehead atoms. The second kappa shape index (κ2) is 6.89. The quantitative estimate of drug-likeness (QED) is 0.679. The second-order valence-electron chi connectivity index (χ2n) is 3.06. The summed E-state index contributed by atoms with van der Waals surface area (Å²) in [6, 6.07) is 0. The summed E-state index contributed by atoms with van der Waals surface area (Å²) in [5.41, 5.74) is 0. The molecule has 98 valence electrons. The highest BCUT2D eigenvalue weighted by atomic mass is 19.4. The summed E-state index contributed by atoms with van der Waals surface area (Å²) >= 11 is 0. The van der Waals surface area contributed by atoms with Crippen LogP contribution in [0.2, 0.25) is 0 Å². The van der Waals surface area contributed by atoms with E-state index in [0.29, 0.717) is 0 Å². The Kier molecular flexibility index (Phi) is 6.26. The van der Waals surface area contributed by atoms with Crippen LogP contribution in [-0.4, -0.2) is 54.4 Å². The summed E-state index contributed by atoms with van der Waals surface area (Å²) in [5.74, 6) is -2.10. The minimum absolute atomic E-state index is 0.0689. The average molecular weight is 255 g/mol. The number of aliphatic carboxylic acids is 1. The molecule has 0 rings (SSSR count). The molecule has 0 aromatic heterocycles. The maximum absolute atomic E-state index is 11.7. The first-order valence-corrected chi connectivity index (χ1v) is 4.51. The van der Waals surface area contributed by atoms with Crippen molar-refractivity contribution in [3.05, 3.63) is 12.7 Å². The molecule has 0 aliphatic carbocycles. The van der Waals surface area contributed by atoms with Crippen LogP contribution in [0, 0.1) is 0 Å². The molecule has 0 saturated carbocycles. The summed E-state index contributed by atoms with van der Waals surface area (Å²) in [6.45, 7) is 0.256. The van der Waals surface area contributed by atoms with Crippen LogP contribution in [0.4, 0.5) is 13.2 Å². The summed E-state index contributed by atoms with van der Waals surface area (Å²) in [6.07, 6.45) is -3.25. The van der Waals surface area contributed by atoms with Gasteiger partial charge in [0.2, 0.25) is 5.91 Å². The number of ether oxygens (including phenoxy) is 1. The highest BCUT2D eigenvalue weighted by molar-refractivity contribution is 5.82. The van der Waals surface area contributed by atoms with Gasteiger partial charge in [-0.3, -0.25) is 9.59 Å². The topological polar surface area (TPSA) is 66.8 Å². The van der Waals surface area contributed by atoms with Crippen LogP contribution in [0.1, 0.15) is 0 Å². The molecule has 1 N–H and O–H groups in total. The highest BCUT2D eigenvalue weighted by Crippen LogP contribution is 2.14. The van der Waals surface area contributed by atoms with Crippen molar-refractivity contribution in [1.82, 2.24) is 4.90 Å². The molecule has 0 fully saturated rings. The fourth-order valence-corrected chi connectivity index (χ4v) is 0.919. The van der Waals surface area contributed by atoms with Crippen molar-refractivity contribution in [3.63, 3.8) is 0 Å². The van der Waals surface area contributed by atoms with Crippen molar-refractivity contribution in [3.8, 4) is 0 Å². The molecule has 0 saturated heterocycles. The SMILES string of the molecule is C=CCN(CC(=O)O)C(=O)COCC(F)(F)F. The number of hydrogen-bond acceptors (Lipinski definition) is 3. The van der Waals surface area contributed by atoms with Gasteiger partial charge in [0.05, 0.1) is 0 Å². The molecule has 0 radical (unpaired) electrons. The molecule has 0 aliphatic rings. The lowest BCUT2D eigenvalue weighted by Gasteiger charge is -2.18. The van der Waals surface area contributed by atoms with Crippen LogP contribution in [0.5, 0.6) is 0 Å². The Labute approximate surface area is 95.5 Å². The number of carbonyl (C=O) groups excluding carboxylic acids is 1. The van der Waals surface area contributed by atoms with E-state index in [0.717, 1.165) is 4.90 Å². The van der Waals surface area contributed by atoms with Crippen molar-refractivity contribution in [2.24, 2.45) is 0 Å². The van der Waals surface area contributed by atoms with E-state index >= 15 is 0 Å². The van der Waals surface area contributed by atoms with E-state index in [1.54, 1.807) is 0 Å². The predicted octanol–water partition coefficient (Wildman–Crippen LogP) is 0.665. The number of halogens is 3. The lowest BCUT2D eigenvalue weighted by molar-refractivity contribution is -0.178. The number of nitrogens with zero attached hydrogens (tertiary/aromatic N) is 1. The van der Waals surface area contributed by atoms with E-state index in [4.69, 9.17) is 5.11 Å². The minimum Gasteiger partial charge on any atom is -0.480 e. The van der Waals surface area contributed by atoms with Gasteiger partial charge in [0.15, 0.2) is 0 Å². The summed E-state index contributed by atoms with van der Waals surface area (Å²) < 4.78 is 39.2. The molecule has 0 spiro atoms. The molecule has 1 amide bonds. The van der Waals surface area contributed by atoms with Crippen LogP contribution in [0.3, 0.4) is 0 Å². The second-order valence-corrected chi connectivity index (χ2v) is 3.06. The largest absolute Gasteiger partial charge is 0.480 e. The van der Waals surface area contributed by atoms with E-state index < -0.39 is 37.8 Å². The van der Waals surface area contributed by atoms with Crippen molar-refractivity contribution >= 4 is 11.9 Å². The number of carboxylic acids is 1. The first-order valence-electron chi connectivity index (χ1n) is 4.51. The van der Waals surface area contributed by atoms with Gasteiger partial charge in [-0.25, -0.2) is 0 Å². The van der Waals surface area contributed by atoms with Crippen LogP contribution in [0.15, 0.2) is 12.7 Å². The third-order valence-electron chi connectivity index (χ3n) is 1.52. The lowest BCUT2D eigenvalue weighted by Crippen LogP contribution is -2.38. The standard InChI is InChI=1S/C9H12F3NO4/c1-2-3-13(4-8(15)16)7(14)5-17-6-9(10,11)12/h2H,1,3-6H2,(H,15,16). The first-order chi connectivity index (χ1) is 7.76. The van der Waals surface area contributed by atoms with Gasteiger partial charge in [-0.1, -0.05) is 6.08 Å². The summed E-state index contributed by atoms with van der Waals surface area (Å²) in [4.78, 5) is 22.5. The minimum atomic E-state index is -4.52. The van der Waals surface area contributed by atoms with Crippen molar-refractivity contribution < 1.29 is 32.6 Å². The molecule has 0 aliphatic heterocycles. The molecule has 0 aromatic carbocycles. The smallest absolute Gasteiger partial charge is 0.411 e. The lowest BCUT2D eigenvalue weighted by atomic mass is 10.4. The van der Waals surface area contributed by atoms with E-state index in [1.807, 2.05) is 0 Å². The Balaban J connectivity index is 4.14. The Hall–Kier alpha value is -1.57. The molecule has 0 atom stereocenters. The van der Waals surface area contributed by atoms with Gasteiger partial charge in [0.1, 0.15) is 19.8 Å². The third-order valence-corrected chi connectivity index (χ3v) is 1.52. The van der Waals surface area contributed by atoms with E-state index in [-0.39, 0.29) is 6.54 Å². The number of amides is 1. The number of alkyl halides is 3.